The highest BCUT2D eigenvalue weighted by atomic mass is 16.6. The van der Waals surface area contributed by atoms with Gasteiger partial charge >= 0.3 is 0 Å². The van der Waals surface area contributed by atoms with Crippen molar-refractivity contribution in [2.45, 2.75) is 13.3 Å². The lowest BCUT2D eigenvalue weighted by molar-refractivity contribution is 0.315. The maximum atomic E-state index is 4.80. The number of rotatable bonds is 4. The molecule has 0 aliphatic carbocycles. The first-order valence-electron chi connectivity index (χ1n) is 7.50. The van der Waals surface area contributed by atoms with Crippen molar-refractivity contribution in [1.82, 2.24) is 30.1 Å². The number of aromatic nitrogens is 6. The molecule has 0 spiro atoms. The lowest BCUT2D eigenvalue weighted by Gasteiger charge is -2.12. The first-order chi connectivity index (χ1) is 11.8. The minimum absolute atomic E-state index is 0.507. The van der Waals surface area contributed by atoms with Crippen LogP contribution in [0.4, 0.5) is 5.69 Å². The highest BCUT2D eigenvalue weighted by Gasteiger charge is 2.16. The average Bonchev–Trinajstić information content (AvgIpc) is 3.27. The van der Waals surface area contributed by atoms with Crippen LogP contribution >= 0.6 is 0 Å². The fourth-order valence-electron chi connectivity index (χ4n) is 2.72. The zero-order chi connectivity index (χ0) is 16.5. The molecule has 4 aromatic rings. The molecule has 0 saturated heterocycles. The molecule has 120 valence electrons. The van der Waals surface area contributed by atoms with Crippen molar-refractivity contribution in [2.75, 3.05) is 12.4 Å². The molecule has 4 aromatic heterocycles. The van der Waals surface area contributed by atoms with E-state index < -0.39 is 0 Å². The van der Waals surface area contributed by atoms with Crippen molar-refractivity contribution in [3.8, 4) is 5.82 Å². The molecule has 8 nitrogen and oxygen atoms in total. The largest absolute Gasteiger partial charge is 0.386 e. The Balaban J connectivity index is 1.70. The third-order valence-electron chi connectivity index (χ3n) is 3.90. The lowest BCUT2D eigenvalue weighted by atomic mass is 10.0. The Hall–Kier alpha value is -3.29. The number of pyridine rings is 2. The number of nitrogens with zero attached hydrogens (tertiary/aromatic N) is 6. The molecule has 0 saturated carbocycles. The second kappa shape index (κ2) is 5.73. The molecule has 0 bridgehead atoms. The number of anilines is 1. The fraction of sp³-hybridized carbons (Fsp3) is 0.188. The quantitative estimate of drug-likeness (QED) is 0.615. The summed E-state index contributed by atoms with van der Waals surface area (Å²) in [7, 11) is 1.85. The van der Waals surface area contributed by atoms with E-state index >= 15 is 0 Å². The van der Waals surface area contributed by atoms with Crippen LogP contribution in [0.3, 0.4) is 0 Å². The molecule has 0 aromatic carbocycles. The normalized spacial score (nSPS) is 11.1. The molecule has 1 N–H and O–H groups in total. The monoisotopic (exact) mass is 321 g/mol. The second-order valence-electron chi connectivity index (χ2n) is 5.39. The summed E-state index contributed by atoms with van der Waals surface area (Å²) < 4.78 is 6.53. The maximum Gasteiger partial charge on any atom is 0.226 e. The van der Waals surface area contributed by atoms with Crippen molar-refractivity contribution in [1.29, 1.82) is 0 Å². The first-order valence-corrected chi connectivity index (χ1v) is 7.50. The maximum absolute atomic E-state index is 4.80. The van der Waals surface area contributed by atoms with Crippen LogP contribution in [0.25, 0.3) is 17.0 Å². The highest BCUT2D eigenvalue weighted by Crippen LogP contribution is 2.28. The van der Waals surface area contributed by atoms with E-state index in [-0.39, 0.29) is 0 Å². The average molecular weight is 321 g/mol. The van der Waals surface area contributed by atoms with Crippen LogP contribution in [-0.4, -0.2) is 37.1 Å². The summed E-state index contributed by atoms with van der Waals surface area (Å²) in [5, 5.41) is 15.1. The van der Waals surface area contributed by atoms with Crippen LogP contribution in [0.15, 0.2) is 41.4 Å². The van der Waals surface area contributed by atoms with Gasteiger partial charge in [-0.05, 0) is 34.9 Å². The lowest BCUT2D eigenvalue weighted by Crippen LogP contribution is -2.04. The Bertz CT molecular complexity index is 974. The van der Waals surface area contributed by atoms with Crippen LogP contribution in [0.1, 0.15) is 16.8 Å². The summed E-state index contributed by atoms with van der Waals surface area (Å²) in [4.78, 5) is 8.92. The Kier molecular flexibility index (Phi) is 3.42. The van der Waals surface area contributed by atoms with E-state index in [1.807, 2.05) is 44.6 Å². The standard InChI is InChI=1S/C16H15N7O/c1-10-12(14(17-2)15-16(20-10)22-24-21-15)8-11-4-5-13(18-9-11)23-7-3-6-19-23/h3-7,9,17H,8H2,1-2H3. The number of hydrogen-bond acceptors (Lipinski definition) is 7. The van der Waals surface area contributed by atoms with Gasteiger partial charge in [0.2, 0.25) is 5.65 Å². The van der Waals surface area contributed by atoms with Gasteiger partial charge in [-0.2, -0.15) is 5.10 Å². The molecule has 0 unspecified atom stereocenters. The molecule has 4 heterocycles. The van der Waals surface area contributed by atoms with Gasteiger partial charge in [0.1, 0.15) is 0 Å². The molecule has 0 atom stereocenters. The van der Waals surface area contributed by atoms with E-state index in [0.29, 0.717) is 17.6 Å². The number of nitrogens with one attached hydrogen (secondary N) is 1. The van der Waals surface area contributed by atoms with Crippen LogP contribution in [0.2, 0.25) is 0 Å². The Morgan fingerprint density at radius 2 is 2.17 bits per heavy atom. The van der Waals surface area contributed by atoms with Gasteiger partial charge in [0, 0.05) is 43.3 Å². The van der Waals surface area contributed by atoms with Crippen molar-refractivity contribution in [3.05, 3.63) is 53.6 Å². The van der Waals surface area contributed by atoms with Gasteiger partial charge < -0.3 is 5.32 Å². The van der Waals surface area contributed by atoms with E-state index in [4.69, 9.17) is 4.63 Å². The van der Waals surface area contributed by atoms with Crippen LogP contribution < -0.4 is 5.32 Å². The van der Waals surface area contributed by atoms with Gasteiger partial charge in [-0.15, -0.1) is 0 Å². The number of aryl methyl sites for hydroxylation is 1. The Labute approximate surface area is 137 Å². The highest BCUT2D eigenvalue weighted by molar-refractivity contribution is 5.87. The van der Waals surface area contributed by atoms with E-state index in [1.54, 1.807) is 10.9 Å². The van der Waals surface area contributed by atoms with Gasteiger partial charge in [-0.25, -0.2) is 19.3 Å². The molecule has 24 heavy (non-hydrogen) atoms. The van der Waals surface area contributed by atoms with E-state index in [1.165, 1.54) is 0 Å². The predicted octanol–water partition coefficient (Wildman–Crippen LogP) is 2.14. The smallest absolute Gasteiger partial charge is 0.226 e. The molecule has 0 aliphatic rings. The molecule has 0 aliphatic heterocycles. The summed E-state index contributed by atoms with van der Waals surface area (Å²) >= 11 is 0. The molecular formula is C16H15N7O. The third kappa shape index (κ3) is 2.37. The zero-order valence-electron chi connectivity index (χ0n) is 13.3. The Morgan fingerprint density at radius 3 is 2.88 bits per heavy atom. The van der Waals surface area contributed by atoms with Gasteiger partial charge in [0.05, 0.1) is 5.69 Å². The van der Waals surface area contributed by atoms with E-state index in [0.717, 1.165) is 28.3 Å². The molecule has 0 radical (unpaired) electrons. The summed E-state index contributed by atoms with van der Waals surface area (Å²) in [5.74, 6) is 0.781. The third-order valence-corrected chi connectivity index (χ3v) is 3.90. The van der Waals surface area contributed by atoms with Gasteiger partial charge in [0.15, 0.2) is 11.3 Å². The van der Waals surface area contributed by atoms with Crippen LogP contribution in [0.5, 0.6) is 0 Å². The summed E-state index contributed by atoms with van der Waals surface area (Å²) in [6.07, 6.45) is 6.12. The zero-order valence-corrected chi connectivity index (χ0v) is 13.3. The predicted molar refractivity (Wildman–Crippen MR) is 88.0 cm³/mol. The van der Waals surface area contributed by atoms with E-state index in [9.17, 15) is 0 Å². The van der Waals surface area contributed by atoms with E-state index in [2.05, 4.69) is 30.7 Å². The SMILES string of the molecule is CNc1c(Cc2ccc(-n3cccn3)nc2)c(C)nc2nonc12. The summed E-state index contributed by atoms with van der Waals surface area (Å²) in [6, 6.07) is 5.85. The molecule has 8 heteroatoms. The summed E-state index contributed by atoms with van der Waals surface area (Å²) in [5.41, 5.74) is 5.04. The minimum Gasteiger partial charge on any atom is -0.386 e. The summed E-state index contributed by atoms with van der Waals surface area (Å²) in [6.45, 7) is 1.95. The van der Waals surface area contributed by atoms with Crippen LogP contribution in [0, 0.1) is 6.92 Å². The first kappa shape index (κ1) is 14.3. The van der Waals surface area contributed by atoms with Gasteiger partial charge in [-0.1, -0.05) is 6.07 Å². The van der Waals surface area contributed by atoms with Crippen molar-refractivity contribution >= 4 is 16.9 Å². The second-order valence-corrected chi connectivity index (χ2v) is 5.39. The number of hydrogen-bond donors (Lipinski definition) is 1. The molecular weight excluding hydrogens is 306 g/mol. The van der Waals surface area contributed by atoms with Crippen molar-refractivity contribution in [3.63, 3.8) is 0 Å². The Morgan fingerprint density at radius 1 is 1.25 bits per heavy atom. The van der Waals surface area contributed by atoms with Crippen molar-refractivity contribution < 1.29 is 4.63 Å². The topological polar surface area (TPSA) is 94.6 Å². The molecule has 0 fully saturated rings. The minimum atomic E-state index is 0.507. The number of fused-ring (bicyclic) bond motifs is 1. The van der Waals surface area contributed by atoms with Gasteiger partial charge in [0.25, 0.3) is 0 Å². The fourth-order valence-corrected chi connectivity index (χ4v) is 2.72. The van der Waals surface area contributed by atoms with Crippen LogP contribution in [-0.2, 0) is 6.42 Å². The molecule has 0 amide bonds. The van der Waals surface area contributed by atoms with Crippen molar-refractivity contribution in [2.24, 2.45) is 0 Å². The molecule has 4 rings (SSSR count). The van der Waals surface area contributed by atoms with Gasteiger partial charge in [-0.3, -0.25) is 0 Å².